The number of amides is 1. The maximum atomic E-state index is 12.1. The van der Waals surface area contributed by atoms with Crippen LogP contribution < -0.4 is 0 Å². The van der Waals surface area contributed by atoms with Crippen molar-refractivity contribution >= 4 is 6.09 Å². The van der Waals surface area contributed by atoms with Crippen molar-refractivity contribution in [1.82, 2.24) is 4.90 Å². The number of benzene rings is 2. The van der Waals surface area contributed by atoms with Gasteiger partial charge >= 0.3 is 6.09 Å². The van der Waals surface area contributed by atoms with E-state index in [2.05, 4.69) is 0 Å². The summed E-state index contributed by atoms with van der Waals surface area (Å²) in [6, 6.07) is 16.2. The monoisotopic (exact) mass is 285 g/mol. The maximum absolute atomic E-state index is 12.1. The standard InChI is InChI=1S/C17H19NO3/c1-13(15-8-10-16(19)11-9-15)18(2)17(20)21-12-14-6-4-3-5-7-14/h3-11,13,19H,12H2,1-2H3. The number of nitrogens with zero attached hydrogens (tertiary/aromatic N) is 1. The highest BCUT2D eigenvalue weighted by Crippen LogP contribution is 2.21. The predicted molar refractivity (Wildman–Crippen MR) is 80.9 cm³/mol. The molecule has 4 heteroatoms. The summed E-state index contributed by atoms with van der Waals surface area (Å²) in [6.07, 6.45) is -0.376. The second-order valence-electron chi connectivity index (χ2n) is 4.92. The highest BCUT2D eigenvalue weighted by atomic mass is 16.6. The minimum atomic E-state index is -0.376. The summed E-state index contributed by atoms with van der Waals surface area (Å²) in [7, 11) is 1.70. The topological polar surface area (TPSA) is 49.8 Å². The van der Waals surface area contributed by atoms with E-state index in [4.69, 9.17) is 4.74 Å². The zero-order chi connectivity index (χ0) is 15.2. The van der Waals surface area contributed by atoms with Crippen LogP contribution in [0.25, 0.3) is 0 Å². The summed E-state index contributed by atoms with van der Waals surface area (Å²) in [6.45, 7) is 2.17. The Balaban J connectivity index is 1.94. The Labute approximate surface area is 124 Å². The lowest BCUT2D eigenvalue weighted by Gasteiger charge is -2.24. The van der Waals surface area contributed by atoms with Gasteiger partial charge in [0.25, 0.3) is 0 Å². The summed E-state index contributed by atoms with van der Waals surface area (Å²) in [4.78, 5) is 13.6. The molecule has 4 nitrogen and oxygen atoms in total. The zero-order valence-corrected chi connectivity index (χ0v) is 12.2. The van der Waals surface area contributed by atoms with Crippen molar-refractivity contribution in [2.75, 3.05) is 7.05 Å². The summed E-state index contributed by atoms with van der Waals surface area (Å²) in [5, 5.41) is 9.29. The van der Waals surface area contributed by atoms with E-state index in [1.807, 2.05) is 37.3 Å². The molecule has 1 amide bonds. The van der Waals surface area contributed by atoms with E-state index in [0.717, 1.165) is 11.1 Å². The van der Waals surface area contributed by atoms with Crippen LogP contribution in [-0.4, -0.2) is 23.1 Å². The first kappa shape index (κ1) is 14.9. The van der Waals surface area contributed by atoms with Crippen LogP contribution >= 0.6 is 0 Å². The molecule has 0 saturated carbocycles. The zero-order valence-electron chi connectivity index (χ0n) is 12.2. The fraction of sp³-hybridized carbons (Fsp3) is 0.235. The summed E-state index contributed by atoms with van der Waals surface area (Å²) < 4.78 is 5.29. The number of hydrogen-bond acceptors (Lipinski definition) is 3. The van der Waals surface area contributed by atoms with Crippen LogP contribution in [0.3, 0.4) is 0 Å². The van der Waals surface area contributed by atoms with E-state index < -0.39 is 0 Å². The van der Waals surface area contributed by atoms with Crippen LogP contribution in [-0.2, 0) is 11.3 Å². The molecule has 0 spiro atoms. The lowest BCUT2D eigenvalue weighted by atomic mass is 10.1. The second kappa shape index (κ2) is 6.79. The van der Waals surface area contributed by atoms with E-state index in [9.17, 15) is 9.90 Å². The molecule has 0 aromatic heterocycles. The van der Waals surface area contributed by atoms with Crippen LogP contribution in [0, 0.1) is 0 Å². The van der Waals surface area contributed by atoms with Crippen LogP contribution in [0.5, 0.6) is 5.75 Å². The lowest BCUT2D eigenvalue weighted by Crippen LogP contribution is -2.30. The smallest absolute Gasteiger partial charge is 0.410 e. The molecule has 1 atom stereocenters. The first-order valence-corrected chi connectivity index (χ1v) is 6.80. The molecule has 0 radical (unpaired) electrons. The van der Waals surface area contributed by atoms with E-state index in [1.54, 1.807) is 31.3 Å². The number of ether oxygens (including phenoxy) is 1. The molecule has 110 valence electrons. The molecule has 2 rings (SSSR count). The molecule has 1 N–H and O–H groups in total. The van der Waals surface area contributed by atoms with Gasteiger partial charge in [0.15, 0.2) is 0 Å². The number of phenolic OH excluding ortho intramolecular Hbond substituents is 1. The number of carbonyl (C=O) groups is 1. The molecule has 1 unspecified atom stereocenters. The number of carbonyl (C=O) groups excluding carboxylic acids is 1. The molecule has 0 aliphatic heterocycles. The molecule has 0 saturated heterocycles. The molecular formula is C17H19NO3. The van der Waals surface area contributed by atoms with Crippen molar-refractivity contribution in [3.63, 3.8) is 0 Å². The van der Waals surface area contributed by atoms with Crippen molar-refractivity contribution in [3.8, 4) is 5.75 Å². The van der Waals surface area contributed by atoms with Gasteiger partial charge in [-0.3, -0.25) is 0 Å². The van der Waals surface area contributed by atoms with E-state index in [-0.39, 0.29) is 24.5 Å². The van der Waals surface area contributed by atoms with Gasteiger partial charge in [-0.2, -0.15) is 0 Å². The first-order valence-electron chi connectivity index (χ1n) is 6.80. The number of hydrogen-bond donors (Lipinski definition) is 1. The van der Waals surface area contributed by atoms with Gasteiger partial charge in [-0.15, -0.1) is 0 Å². The quantitative estimate of drug-likeness (QED) is 0.931. The van der Waals surface area contributed by atoms with Crippen LogP contribution in [0.4, 0.5) is 4.79 Å². The Hall–Kier alpha value is -2.49. The number of aromatic hydroxyl groups is 1. The molecule has 0 heterocycles. The molecular weight excluding hydrogens is 266 g/mol. The Kier molecular flexibility index (Phi) is 4.82. The molecule has 0 bridgehead atoms. The van der Waals surface area contributed by atoms with Gasteiger partial charge in [0.1, 0.15) is 12.4 Å². The Morgan fingerprint density at radius 3 is 2.38 bits per heavy atom. The fourth-order valence-electron chi connectivity index (χ4n) is 1.96. The van der Waals surface area contributed by atoms with E-state index >= 15 is 0 Å². The average Bonchev–Trinajstić information content (AvgIpc) is 2.53. The maximum Gasteiger partial charge on any atom is 0.410 e. The van der Waals surface area contributed by atoms with E-state index in [1.165, 1.54) is 4.90 Å². The van der Waals surface area contributed by atoms with Gasteiger partial charge < -0.3 is 14.7 Å². The molecule has 0 aliphatic carbocycles. The highest BCUT2D eigenvalue weighted by molar-refractivity contribution is 5.68. The largest absolute Gasteiger partial charge is 0.508 e. The van der Waals surface area contributed by atoms with Crippen LogP contribution in [0.15, 0.2) is 54.6 Å². The van der Waals surface area contributed by atoms with Crippen LogP contribution in [0.2, 0.25) is 0 Å². The Morgan fingerprint density at radius 1 is 1.14 bits per heavy atom. The van der Waals surface area contributed by atoms with Gasteiger partial charge in [0.2, 0.25) is 0 Å². The normalized spacial score (nSPS) is 11.7. The van der Waals surface area contributed by atoms with Crippen molar-refractivity contribution < 1.29 is 14.6 Å². The summed E-state index contributed by atoms with van der Waals surface area (Å²) >= 11 is 0. The molecule has 0 fully saturated rings. The predicted octanol–water partition coefficient (Wildman–Crippen LogP) is 3.72. The van der Waals surface area contributed by atoms with Crippen molar-refractivity contribution in [3.05, 3.63) is 65.7 Å². The Bertz CT molecular complexity index is 581. The van der Waals surface area contributed by atoms with Crippen molar-refractivity contribution in [2.24, 2.45) is 0 Å². The van der Waals surface area contributed by atoms with Gasteiger partial charge in [-0.05, 0) is 30.2 Å². The SMILES string of the molecule is CC(c1ccc(O)cc1)N(C)C(=O)OCc1ccccc1. The number of rotatable bonds is 4. The van der Waals surface area contributed by atoms with Gasteiger partial charge in [0.05, 0.1) is 6.04 Å². The minimum absolute atomic E-state index is 0.131. The highest BCUT2D eigenvalue weighted by Gasteiger charge is 2.18. The third kappa shape index (κ3) is 3.99. The van der Waals surface area contributed by atoms with Crippen LogP contribution in [0.1, 0.15) is 24.1 Å². The molecule has 2 aromatic carbocycles. The average molecular weight is 285 g/mol. The van der Waals surface area contributed by atoms with E-state index in [0.29, 0.717) is 0 Å². The van der Waals surface area contributed by atoms with Crippen molar-refractivity contribution in [2.45, 2.75) is 19.6 Å². The minimum Gasteiger partial charge on any atom is -0.508 e. The third-order valence-corrected chi connectivity index (χ3v) is 3.45. The van der Waals surface area contributed by atoms with Gasteiger partial charge in [-0.1, -0.05) is 42.5 Å². The third-order valence-electron chi connectivity index (χ3n) is 3.45. The van der Waals surface area contributed by atoms with Gasteiger partial charge in [-0.25, -0.2) is 4.79 Å². The summed E-state index contributed by atoms with van der Waals surface area (Å²) in [5.74, 6) is 0.209. The first-order chi connectivity index (χ1) is 10.1. The molecule has 21 heavy (non-hydrogen) atoms. The number of phenols is 1. The summed E-state index contributed by atoms with van der Waals surface area (Å²) in [5.41, 5.74) is 1.89. The lowest BCUT2D eigenvalue weighted by molar-refractivity contribution is 0.0934. The fourth-order valence-corrected chi connectivity index (χ4v) is 1.96. The molecule has 0 aliphatic rings. The van der Waals surface area contributed by atoms with Gasteiger partial charge in [0, 0.05) is 7.05 Å². The molecule has 2 aromatic rings. The second-order valence-corrected chi connectivity index (χ2v) is 4.92. The van der Waals surface area contributed by atoms with Crippen molar-refractivity contribution in [1.29, 1.82) is 0 Å². The Morgan fingerprint density at radius 2 is 1.76 bits per heavy atom.